The summed E-state index contributed by atoms with van der Waals surface area (Å²) in [6, 6.07) is 0. The van der Waals surface area contributed by atoms with Crippen molar-refractivity contribution in [3.63, 3.8) is 0 Å². The molecule has 2 rings (SSSR count). The van der Waals surface area contributed by atoms with Crippen LogP contribution in [0.2, 0.25) is 0 Å². The molecule has 27 heavy (non-hydrogen) atoms. The Bertz CT molecular complexity index is 637. The summed E-state index contributed by atoms with van der Waals surface area (Å²) < 4.78 is 20.8. The second-order valence-electron chi connectivity index (χ2n) is 7.31. The molecule has 6 nitrogen and oxygen atoms in total. The zero-order valence-electron chi connectivity index (χ0n) is 16.6. The molecule has 1 aromatic heterocycles. The molecule has 0 aliphatic carbocycles. The molecule has 0 radical (unpaired) electrons. The molecular weight excluding hydrogens is 386 g/mol. The van der Waals surface area contributed by atoms with Gasteiger partial charge in [-0.15, -0.1) is 4.37 Å². The fourth-order valence-electron chi connectivity index (χ4n) is 3.50. The fourth-order valence-corrected chi connectivity index (χ4v) is 4.14. The summed E-state index contributed by atoms with van der Waals surface area (Å²) in [5, 5.41) is 0. The average Bonchev–Trinajstić information content (AvgIpc) is 3.09. The van der Waals surface area contributed by atoms with Crippen LogP contribution in [-0.4, -0.2) is 51.6 Å². The van der Waals surface area contributed by atoms with Crippen molar-refractivity contribution in [2.45, 2.75) is 65.0 Å². The Hall–Kier alpha value is -1.18. The number of aromatic nitrogens is 2. The fraction of sp³-hybridized carbons (Fsp3) is 0.737. The topological polar surface area (TPSA) is 61.3 Å². The third-order valence-corrected chi connectivity index (χ3v) is 5.62. The molecule has 0 fully saturated rings. The van der Waals surface area contributed by atoms with Crippen LogP contribution in [-0.2, 0) is 4.74 Å². The molecule has 1 aromatic rings. The molecule has 1 aliphatic rings. The largest absolute Gasteiger partial charge is 0.475 e. The number of ether oxygens (including phenoxy) is 2. The summed E-state index contributed by atoms with van der Waals surface area (Å²) in [7, 11) is 2.11. The molecule has 0 N–H and O–H groups in total. The minimum atomic E-state index is -0.740. The highest BCUT2D eigenvalue weighted by Crippen LogP contribution is 2.32. The lowest BCUT2D eigenvalue weighted by Gasteiger charge is -2.42. The molecular formula is C19H31ClN3O3S+. The van der Waals surface area contributed by atoms with E-state index >= 15 is 0 Å². The Labute approximate surface area is 171 Å². The van der Waals surface area contributed by atoms with Gasteiger partial charge in [0.2, 0.25) is 6.23 Å². The van der Waals surface area contributed by atoms with Gasteiger partial charge in [-0.2, -0.15) is 4.37 Å². The molecule has 2 atom stereocenters. The van der Waals surface area contributed by atoms with Gasteiger partial charge in [0.05, 0.1) is 31.9 Å². The van der Waals surface area contributed by atoms with Gasteiger partial charge in [0.1, 0.15) is 12.2 Å². The van der Waals surface area contributed by atoms with E-state index in [2.05, 4.69) is 35.7 Å². The van der Waals surface area contributed by atoms with E-state index in [4.69, 9.17) is 21.1 Å². The van der Waals surface area contributed by atoms with Crippen LogP contribution in [0.3, 0.4) is 0 Å². The van der Waals surface area contributed by atoms with E-state index in [-0.39, 0.29) is 6.23 Å². The van der Waals surface area contributed by atoms with E-state index in [0.717, 1.165) is 43.5 Å². The number of hydrogen-bond acceptors (Lipinski definition) is 6. The second kappa shape index (κ2) is 11.0. The first-order valence-corrected chi connectivity index (χ1v) is 11.0. The summed E-state index contributed by atoms with van der Waals surface area (Å²) in [5.74, 6) is 0.623. The van der Waals surface area contributed by atoms with E-state index in [0.29, 0.717) is 23.5 Å². The van der Waals surface area contributed by atoms with Gasteiger partial charge in [-0.3, -0.25) is 4.48 Å². The Kier molecular flexibility index (Phi) is 8.99. The van der Waals surface area contributed by atoms with Crippen LogP contribution in [0.4, 0.5) is 4.79 Å². The normalized spacial score (nSPS) is 20.8. The SMILES string of the molecule is CCCCCCOc1nsnc1C1=CCC[N+](C)(C(CCC)OC(=O)Cl)C1. The summed E-state index contributed by atoms with van der Waals surface area (Å²) in [5.41, 5.74) is 1.19. The summed E-state index contributed by atoms with van der Waals surface area (Å²) >= 11 is 6.70. The van der Waals surface area contributed by atoms with Crippen molar-refractivity contribution in [2.24, 2.45) is 0 Å². The van der Waals surface area contributed by atoms with Crippen molar-refractivity contribution in [3.8, 4) is 5.88 Å². The van der Waals surface area contributed by atoms with Gasteiger partial charge in [-0.1, -0.05) is 39.2 Å². The Morgan fingerprint density at radius 3 is 2.81 bits per heavy atom. The van der Waals surface area contributed by atoms with Crippen LogP contribution >= 0.6 is 23.3 Å². The zero-order chi connectivity index (χ0) is 19.7. The molecule has 2 heterocycles. The first-order valence-electron chi connectivity index (χ1n) is 9.85. The third-order valence-electron chi connectivity index (χ3n) is 5.02. The van der Waals surface area contributed by atoms with Gasteiger partial charge in [0.25, 0.3) is 5.88 Å². The van der Waals surface area contributed by atoms with Crippen molar-refractivity contribution in [2.75, 3.05) is 26.7 Å². The number of carbonyl (C=O) groups is 1. The Morgan fingerprint density at radius 1 is 1.30 bits per heavy atom. The molecule has 0 spiro atoms. The average molecular weight is 417 g/mol. The number of likely N-dealkylation sites (N-methyl/N-ethyl adjacent to an activating group) is 1. The summed E-state index contributed by atoms with van der Waals surface area (Å²) in [6.07, 6.45) is 9.17. The molecule has 0 amide bonds. The highest BCUT2D eigenvalue weighted by molar-refractivity contribution is 6.99. The summed E-state index contributed by atoms with van der Waals surface area (Å²) in [4.78, 5) is 11.3. The van der Waals surface area contributed by atoms with Crippen molar-refractivity contribution in [1.82, 2.24) is 8.75 Å². The number of nitrogens with zero attached hydrogens (tertiary/aromatic N) is 3. The molecule has 0 saturated carbocycles. The number of rotatable bonds is 11. The van der Waals surface area contributed by atoms with Gasteiger partial charge in [-0.05, 0) is 12.8 Å². The standard InChI is InChI=1S/C19H31ClN3O3S/c1-4-6-7-8-13-25-18-17(21-27-22-18)15-11-9-12-23(3,14-15)16(10-5-2)26-19(20)24/h11,16H,4-10,12-14H2,1-3H3/q+1. The lowest BCUT2D eigenvalue weighted by molar-refractivity contribution is -0.946. The van der Waals surface area contributed by atoms with Crippen LogP contribution in [0.5, 0.6) is 5.88 Å². The molecule has 0 saturated heterocycles. The van der Waals surface area contributed by atoms with Crippen LogP contribution in [0.1, 0.15) is 64.5 Å². The van der Waals surface area contributed by atoms with Gasteiger partial charge in [-0.25, -0.2) is 4.79 Å². The smallest absolute Gasteiger partial charge is 0.408 e. The monoisotopic (exact) mass is 416 g/mol. The molecule has 0 aromatic carbocycles. The van der Waals surface area contributed by atoms with Gasteiger partial charge in [0, 0.05) is 30.0 Å². The first-order chi connectivity index (χ1) is 13.0. The van der Waals surface area contributed by atoms with Crippen LogP contribution in [0, 0.1) is 0 Å². The molecule has 152 valence electrons. The van der Waals surface area contributed by atoms with Crippen LogP contribution in [0.25, 0.3) is 5.57 Å². The van der Waals surface area contributed by atoms with Crippen molar-refractivity contribution in [1.29, 1.82) is 0 Å². The quantitative estimate of drug-likeness (QED) is 0.280. The van der Waals surface area contributed by atoms with Crippen molar-refractivity contribution in [3.05, 3.63) is 11.8 Å². The predicted octanol–water partition coefficient (Wildman–Crippen LogP) is 5.23. The minimum absolute atomic E-state index is 0.256. The maximum absolute atomic E-state index is 11.3. The lowest BCUT2D eigenvalue weighted by Crippen LogP contribution is -2.56. The number of hydrogen-bond donors (Lipinski definition) is 0. The van der Waals surface area contributed by atoms with Gasteiger partial charge >= 0.3 is 5.43 Å². The van der Waals surface area contributed by atoms with Gasteiger partial charge in [0.15, 0.2) is 0 Å². The Morgan fingerprint density at radius 2 is 2.11 bits per heavy atom. The number of quaternary nitrogens is 1. The number of halogens is 1. The predicted molar refractivity (Wildman–Crippen MR) is 109 cm³/mol. The highest BCUT2D eigenvalue weighted by Gasteiger charge is 2.38. The van der Waals surface area contributed by atoms with E-state index in [1.807, 2.05) is 0 Å². The molecule has 1 aliphatic heterocycles. The maximum Gasteiger partial charge on any atom is 0.408 e. The van der Waals surface area contributed by atoms with Crippen LogP contribution in [0.15, 0.2) is 6.08 Å². The lowest BCUT2D eigenvalue weighted by atomic mass is 10.0. The number of carbonyl (C=O) groups excluding carboxylic acids is 1. The third kappa shape index (κ3) is 6.43. The minimum Gasteiger partial charge on any atom is -0.475 e. The highest BCUT2D eigenvalue weighted by atomic mass is 35.5. The maximum atomic E-state index is 11.3. The second-order valence-corrected chi connectivity index (χ2v) is 8.14. The van der Waals surface area contributed by atoms with Crippen LogP contribution < -0.4 is 4.74 Å². The van der Waals surface area contributed by atoms with E-state index in [9.17, 15) is 4.79 Å². The first kappa shape index (κ1) is 22.1. The van der Waals surface area contributed by atoms with E-state index in [1.165, 1.54) is 31.0 Å². The van der Waals surface area contributed by atoms with E-state index < -0.39 is 5.43 Å². The van der Waals surface area contributed by atoms with Crippen molar-refractivity contribution >= 4 is 34.3 Å². The Balaban J connectivity index is 2.06. The van der Waals surface area contributed by atoms with Crippen molar-refractivity contribution < 1.29 is 18.8 Å². The van der Waals surface area contributed by atoms with E-state index in [1.54, 1.807) is 0 Å². The number of unbranched alkanes of at least 4 members (excludes halogenated alkanes) is 3. The molecule has 2 unspecified atom stereocenters. The summed E-state index contributed by atoms with van der Waals surface area (Å²) in [6.45, 7) is 6.55. The zero-order valence-corrected chi connectivity index (χ0v) is 18.2. The molecule has 8 heteroatoms. The van der Waals surface area contributed by atoms with Gasteiger partial charge < -0.3 is 9.47 Å². The molecule has 0 bridgehead atoms.